The fourth-order valence-electron chi connectivity index (χ4n) is 2.45. The smallest absolute Gasteiger partial charge is 0.208 e. The van der Waals surface area contributed by atoms with Gasteiger partial charge in [0.05, 0.1) is 9.80 Å². The fraction of sp³-hybridized carbons (Fsp3) is 0. The summed E-state index contributed by atoms with van der Waals surface area (Å²) in [5.74, 6) is 0. The highest BCUT2D eigenvalue weighted by Crippen LogP contribution is 2.38. The van der Waals surface area contributed by atoms with Gasteiger partial charge in [-0.2, -0.15) is 0 Å². The second-order valence-corrected chi connectivity index (χ2v) is 9.03. The minimum atomic E-state index is -3.79. The topological polar surface area (TPSA) is 34.1 Å². The molecule has 2 nitrogen and oxygen atoms in total. The summed E-state index contributed by atoms with van der Waals surface area (Å²) in [6, 6.07) is 22.1. The lowest BCUT2D eigenvalue weighted by Gasteiger charge is -2.13. The van der Waals surface area contributed by atoms with Crippen molar-refractivity contribution in [3.8, 4) is 0 Å². The lowest BCUT2D eigenvalue weighted by molar-refractivity contribution is 0.606. The van der Waals surface area contributed by atoms with E-state index in [0.29, 0.717) is 25.7 Å². The molecule has 0 unspecified atom stereocenters. The van der Waals surface area contributed by atoms with Crippen molar-refractivity contribution in [1.82, 2.24) is 0 Å². The predicted octanol–water partition coefficient (Wildman–Crippen LogP) is 6.69. The van der Waals surface area contributed by atoms with Gasteiger partial charge in [0.25, 0.3) is 0 Å². The summed E-state index contributed by atoms with van der Waals surface area (Å²) < 4.78 is 27.2. The summed E-state index contributed by atoms with van der Waals surface area (Å²) in [5, 5.41) is 1.06. The molecule has 0 fully saturated rings. The summed E-state index contributed by atoms with van der Waals surface area (Å²) >= 11 is 15.3. The summed E-state index contributed by atoms with van der Waals surface area (Å²) in [6.45, 7) is 0. The third-order valence-corrected chi connectivity index (χ3v) is 7.22. The van der Waals surface area contributed by atoms with Crippen LogP contribution < -0.4 is 0 Å². The quantitative estimate of drug-likeness (QED) is 0.400. The Hall–Kier alpha value is -1.59. The number of halogens is 3. The SMILES string of the molecule is O=S(=O)(/C(=C(/Br)c1ccc(Cl)cc1)c1ccccc1)c1ccc(Cl)cc1. The summed E-state index contributed by atoms with van der Waals surface area (Å²) in [6.07, 6.45) is 0. The normalized spacial score (nSPS) is 12.6. The molecule has 3 rings (SSSR count). The fourth-order valence-corrected chi connectivity index (χ4v) is 5.36. The summed E-state index contributed by atoms with van der Waals surface area (Å²) in [5.41, 5.74) is 1.30. The molecular weight excluding hydrogens is 455 g/mol. The van der Waals surface area contributed by atoms with Gasteiger partial charge in [-0.15, -0.1) is 0 Å². The number of benzene rings is 3. The van der Waals surface area contributed by atoms with E-state index in [0.717, 1.165) is 0 Å². The van der Waals surface area contributed by atoms with Gasteiger partial charge in [0.15, 0.2) is 0 Å². The monoisotopic (exact) mass is 466 g/mol. The Labute approximate surface area is 171 Å². The molecule has 0 aliphatic rings. The van der Waals surface area contributed by atoms with E-state index in [1.165, 1.54) is 12.1 Å². The van der Waals surface area contributed by atoms with Crippen molar-refractivity contribution in [3.63, 3.8) is 0 Å². The highest BCUT2D eigenvalue weighted by molar-refractivity contribution is 9.15. The van der Waals surface area contributed by atoms with Crippen LogP contribution in [0.5, 0.6) is 0 Å². The molecule has 0 aliphatic carbocycles. The van der Waals surface area contributed by atoms with Crippen LogP contribution in [0.4, 0.5) is 0 Å². The van der Waals surface area contributed by atoms with Crippen LogP contribution in [-0.4, -0.2) is 8.42 Å². The molecule has 0 aliphatic heterocycles. The van der Waals surface area contributed by atoms with Gasteiger partial charge in [-0.25, -0.2) is 8.42 Å². The largest absolute Gasteiger partial charge is 0.218 e. The van der Waals surface area contributed by atoms with E-state index in [2.05, 4.69) is 15.9 Å². The Morgan fingerprint density at radius 3 is 1.73 bits per heavy atom. The maximum absolute atomic E-state index is 13.4. The first-order valence-corrected chi connectivity index (χ1v) is 10.6. The first-order chi connectivity index (χ1) is 12.4. The van der Waals surface area contributed by atoms with Crippen molar-refractivity contribution in [2.24, 2.45) is 0 Å². The lowest BCUT2D eigenvalue weighted by Crippen LogP contribution is -2.05. The van der Waals surface area contributed by atoms with Crippen LogP contribution in [0.3, 0.4) is 0 Å². The molecule has 0 atom stereocenters. The molecule has 0 saturated heterocycles. The highest BCUT2D eigenvalue weighted by atomic mass is 79.9. The molecule has 26 heavy (non-hydrogen) atoms. The van der Waals surface area contributed by atoms with Gasteiger partial charge < -0.3 is 0 Å². The molecule has 6 heteroatoms. The van der Waals surface area contributed by atoms with Gasteiger partial charge in [0.2, 0.25) is 9.84 Å². The van der Waals surface area contributed by atoms with Crippen LogP contribution >= 0.6 is 39.1 Å². The van der Waals surface area contributed by atoms with Crippen LogP contribution in [0.2, 0.25) is 10.0 Å². The van der Waals surface area contributed by atoms with Crippen molar-refractivity contribution < 1.29 is 8.42 Å². The van der Waals surface area contributed by atoms with Gasteiger partial charge in [-0.1, -0.05) is 65.7 Å². The van der Waals surface area contributed by atoms with Crippen LogP contribution in [0, 0.1) is 0 Å². The predicted molar refractivity (Wildman–Crippen MR) is 112 cm³/mol. The van der Waals surface area contributed by atoms with E-state index in [1.807, 2.05) is 6.07 Å². The van der Waals surface area contributed by atoms with E-state index in [-0.39, 0.29) is 9.80 Å². The third kappa shape index (κ3) is 4.04. The first kappa shape index (κ1) is 19.2. The van der Waals surface area contributed by atoms with E-state index < -0.39 is 9.84 Å². The molecule has 0 saturated carbocycles. The Balaban J connectivity index is 2.26. The zero-order valence-corrected chi connectivity index (χ0v) is 17.3. The van der Waals surface area contributed by atoms with E-state index >= 15 is 0 Å². The van der Waals surface area contributed by atoms with Crippen molar-refractivity contribution in [3.05, 3.63) is 100 Å². The second kappa shape index (κ2) is 7.97. The Morgan fingerprint density at radius 2 is 1.19 bits per heavy atom. The van der Waals surface area contributed by atoms with Gasteiger partial charge in [-0.05, 0) is 63.5 Å². The molecule has 0 spiro atoms. The van der Waals surface area contributed by atoms with Crippen LogP contribution in [-0.2, 0) is 9.84 Å². The van der Waals surface area contributed by atoms with E-state index in [4.69, 9.17) is 23.2 Å². The first-order valence-electron chi connectivity index (χ1n) is 7.61. The van der Waals surface area contributed by atoms with Gasteiger partial charge in [0.1, 0.15) is 0 Å². The average Bonchev–Trinajstić information content (AvgIpc) is 2.63. The molecule has 0 amide bonds. The van der Waals surface area contributed by atoms with Crippen molar-refractivity contribution in [2.45, 2.75) is 4.90 Å². The average molecular weight is 468 g/mol. The maximum Gasteiger partial charge on any atom is 0.208 e. The number of hydrogen-bond acceptors (Lipinski definition) is 2. The zero-order valence-electron chi connectivity index (χ0n) is 13.4. The molecule has 0 heterocycles. The van der Waals surface area contributed by atoms with Crippen molar-refractivity contribution >= 4 is 58.4 Å². The van der Waals surface area contributed by atoms with E-state index in [1.54, 1.807) is 60.7 Å². The Bertz CT molecular complexity index is 1040. The minimum absolute atomic E-state index is 0.173. The minimum Gasteiger partial charge on any atom is -0.218 e. The number of rotatable bonds is 4. The molecule has 132 valence electrons. The lowest BCUT2D eigenvalue weighted by atomic mass is 10.1. The van der Waals surface area contributed by atoms with Crippen LogP contribution in [0.1, 0.15) is 11.1 Å². The Kier molecular flexibility index (Phi) is 5.88. The molecule has 0 bridgehead atoms. The molecule has 0 aromatic heterocycles. The Morgan fingerprint density at radius 1 is 0.692 bits per heavy atom. The molecule has 3 aromatic rings. The summed E-state index contributed by atoms with van der Waals surface area (Å²) in [7, 11) is -3.79. The van der Waals surface area contributed by atoms with Gasteiger partial charge >= 0.3 is 0 Å². The van der Waals surface area contributed by atoms with Gasteiger partial charge in [0, 0.05) is 14.5 Å². The number of hydrogen-bond donors (Lipinski definition) is 0. The maximum atomic E-state index is 13.4. The molecule has 3 aromatic carbocycles. The molecule has 0 radical (unpaired) electrons. The number of sulfone groups is 1. The van der Waals surface area contributed by atoms with Crippen molar-refractivity contribution in [2.75, 3.05) is 0 Å². The van der Waals surface area contributed by atoms with E-state index in [9.17, 15) is 8.42 Å². The zero-order chi connectivity index (χ0) is 18.7. The second-order valence-electron chi connectivity index (χ2n) is 5.47. The molecular formula is C20H13BrCl2O2S. The standard InChI is InChI=1S/C20H13BrCl2O2S/c21-19(14-6-8-16(22)9-7-14)20(15-4-2-1-3-5-15)26(24,25)18-12-10-17(23)11-13-18/h1-13H/b20-19+. The summed E-state index contributed by atoms with van der Waals surface area (Å²) in [4.78, 5) is 0.356. The third-order valence-electron chi connectivity index (χ3n) is 3.73. The van der Waals surface area contributed by atoms with Crippen molar-refractivity contribution in [1.29, 1.82) is 0 Å². The van der Waals surface area contributed by atoms with Crippen LogP contribution in [0.25, 0.3) is 9.39 Å². The van der Waals surface area contributed by atoms with Gasteiger partial charge in [-0.3, -0.25) is 0 Å². The van der Waals surface area contributed by atoms with Crippen LogP contribution in [0.15, 0.2) is 83.8 Å². The molecule has 0 N–H and O–H groups in total. The highest BCUT2D eigenvalue weighted by Gasteiger charge is 2.26.